The van der Waals surface area contributed by atoms with Gasteiger partial charge >= 0.3 is 17.9 Å². The van der Waals surface area contributed by atoms with E-state index in [2.05, 4.69) is 34.6 Å². The zero-order chi connectivity index (χ0) is 40.5. The molecule has 55 heavy (non-hydrogen) atoms. The number of rotatable bonds is 43. The fourth-order valence-electron chi connectivity index (χ4n) is 7.28. The van der Waals surface area contributed by atoms with Crippen LogP contribution in [0.1, 0.15) is 266 Å². The molecule has 0 fully saturated rings. The van der Waals surface area contributed by atoms with Gasteiger partial charge in [0.15, 0.2) is 6.10 Å². The van der Waals surface area contributed by atoms with Crippen LogP contribution < -0.4 is 0 Å². The van der Waals surface area contributed by atoms with Crippen LogP contribution in [0, 0.1) is 11.8 Å². The number of hydrogen-bond donors (Lipinski definition) is 0. The lowest BCUT2D eigenvalue weighted by Crippen LogP contribution is -2.30. The van der Waals surface area contributed by atoms with Gasteiger partial charge in [0.2, 0.25) is 0 Å². The number of esters is 3. The Morgan fingerprint density at radius 2 is 0.600 bits per heavy atom. The summed E-state index contributed by atoms with van der Waals surface area (Å²) in [5.41, 5.74) is 0. The van der Waals surface area contributed by atoms with Crippen molar-refractivity contribution in [1.82, 2.24) is 0 Å². The molecule has 0 aromatic carbocycles. The predicted molar refractivity (Wildman–Crippen MR) is 233 cm³/mol. The van der Waals surface area contributed by atoms with Crippen molar-refractivity contribution in [2.24, 2.45) is 11.8 Å². The van der Waals surface area contributed by atoms with E-state index in [-0.39, 0.29) is 31.1 Å². The van der Waals surface area contributed by atoms with Gasteiger partial charge in [0.25, 0.3) is 0 Å². The first-order valence-electron chi connectivity index (χ1n) is 24.2. The molecule has 0 saturated heterocycles. The molecule has 0 aliphatic carbocycles. The Hall–Kier alpha value is -1.59. The maximum Gasteiger partial charge on any atom is 0.306 e. The van der Waals surface area contributed by atoms with Crippen LogP contribution >= 0.6 is 0 Å². The van der Waals surface area contributed by atoms with Crippen LogP contribution in [0.4, 0.5) is 0 Å². The Balaban J connectivity index is 4.09. The van der Waals surface area contributed by atoms with Gasteiger partial charge < -0.3 is 14.2 Å². The molecule has 0 heterocycles. The van der Waals surface area contributed by atoms with Crippen LogP contribution in [-0.2, 0) is 28.6 Å². The van der Waals surface area contributed by atoms with Crippen molar-refractivity contribution in [1.29, 1.82) is 0 Å². The lowest BCUT2D eigenvalue weighted by atomic mass is 10.0. The number of carbonyl (C=O) groups excluding carboxylic acids is 3. The van der Waals surface area contributed by atoms with Crippen molar-refractivity contribution in [2.45, 2.75) is 272 Å². The largest absolute Gasteiger partial charge is 0.462 e. The predicted octanol–water partition coefficient (Wildman–Crippen LogP) is 15.4. The number of unbranched alkanes of at least 4 members (excludes halogenated alkanes) is 28. The van der Waals surface area contributed by atoms with E-state index in [1.54, 1.807) is 0 Å². The molecule has 0 aliphatic rings. The standard InChI is InChI=1S/C49H94O6/c1-6-7-8-9-22-29-34-39-47(50)53-42-46(55-49(52)41-36-31-26-25-28-33-38-45(4)5)43-54-48(51)40-35-30-24-21-19-17-15-13-11-10-12-14-16-18-20-23-27-32-37-44(2)3/h44-46H,6-43H2,1-5H3/t46-/m0/s1. The summed E-state index contributed by atoms with van der Waals surface area (Å²) >= 11 is 0. The molecule has 0 rings (SSSR count). The highest BCUT2D eigenvalue weighted by Gasteiger charge is 2.19. The summed E-state index contributed by atoms with van der Waals surface area (Å²) in [5.74, 6) is 0.753. The molecule has 326 valence electrons. The summed E-state index contributed by atoms with van der Waals surface area (Å²) in [6, 6.07) is 0. The monoisotopic (exact) mass is 779 g/mol. The molecule has 0 spiro atoms. The molecular formula is C49H94O6. The van der Waals surface area contributed by atoms with Gasteiger partial charge in [-0.05, 0) is 31.1 Å². The van der Waals surface area contributed by atoms with Crippen LogP contribution in [0.25, 0.3) is 0 Å². The molecule has 0 bridgehead atoms. The molecule has 0 amide bonds. The molecule has 6 nitrogen and oxygen atoms in total. The molecule has 0 radical (unpaired) electrons. The normalized spacial score (nSPS) is 12.1. The number of hydrogen-bond acceptors (Lipinski definition) is 6. The Morgan fingerprint density at radius 1 is 0.345 bits per heavy atom. The number of ether oxygens (including phenoxy) is 3. The zero-order valence-electron chi connectivity index (χ0n) is 37.6. The van der Waals surface area contributed by atoms with E-state index in [4.69, 9.17) is 14.2 Å². The molecular weight excluding hydrogens is 685 g/mol. The van der Waals surface area contributed by atoms with Crippen LogP contribution in [0.15, 0.2) is 0 Å². The zero-order valence-corrected chi connectivity index (χ0v) is 37.6. The van der Waals surface area contributed by atoms with Crippen molar-refractivity contribution < 1.29 is 28.6 Å². The summed E-state index contributed by atoms with van der Waals surface area (Å²) in [6.07, 6.45) is 41.3. The van der Waals surface area contributed by atoms with Crippen molar-refractivity contribution >= 4 is 17.9 Å². The molecule has 6 heteroatoms. The fourth-order valence-corrected chi connectivity index (χ4v) is 7.28. The summed E-state index contributed by atoms with van der Waals surface area (Å²) in [7, 11) is 0. The highest BCUT2D eigenvalue weighted by atomic mass is 16.6. The van der Waals surface area contributed by atoms with Gasteiger partial charge in [-0.2, -0.15) is 0 Å². The summed E-state index contributed by atoms with van der Waals surface area (Å²) in [5, 5.41) is 0. The molecule has 0 N–H and O–H groups in total. The summed E-state index contributed by atoms with van der Waals surface area (Å²) in [6.45, 7) is 11.3. The topological polar surface area (TPSA) is 78.9 Å². The van der Waals surface area contributed by atoms with Gasteiger partial charge in [-0.25, -0.2) is 0 Å². The minimum atomic E-state index is -0.760. The van der Waals surface area contributed by atoms with Crippen LogP contribution in [-0.4, -0.2) is 37.2 Å². The Morgan fingerprint density at radius 3 is 0.891 bits per heavy atom. The van der Waals surface area contributed by atoms with E-state index < -0.39 is 6.10 Å². The van der Waals surface area contributed by atoms with Gasteiger partial charge in [-0.1, -0.05) is 227 Å². The fraction of sp³-hybridized carbons (Fsp3) is 0.939. The second kappa shape index (κ2) is 42.0. The Bertz CT molecular complexity index is 839. The smallest absolute Gasteiger partial charge is 0.306 e. The third kappa shape index (κ3) is 43.4. The Kier molecular flexibility index (Phi) is 40.8. The maximum atomic E-state index is 12.6. The van der Waals surface area contributed by atoms with Crippen molar-refractivity contribution in [2.75, 3.05) is 13.2 Å². The van der Waals surface area contributed by atoms with Crippen molar-refractivity contribution in [3.63, 3.8) is 0 Å². The van der Waals surface area contributed by atoms with Gasteiger partial charge in [-0.15, -0.1) is 0 Å². The minimum absolute atomic E-state index is 0.0657. The molecule has 0 aliphatic heterocycles. The van der Waals surface area contributed by atoms with E-state index in [0.717, 1.165) is 69.6 Å². The van der Waals surface area contributed by atoms with Gasteiger partial charge in [0, 0.05) is 19.3 Å². The Labute approximate surface area is 342 Å². The number of carbonyl (C=O) groups is 3. The van der Waals surface area contributed by atoms with E-state index >= 15 is 0 Å². The average molecular weight is 779 g/mol. The van der Waals surface area contributed by atoms with Gasteiger partial charge in [0.05, 0.1) is 0 Å². The van der Waals surface area contributed by atoms with Crippen LogP contribution in [0.3, 0.4) is 0 Å². The van der Waals surface area contributed by atoms with Crippen molar-refractivity contribution in [3.05, 3.63) is 0 Å². The van der Waals surface area contributed by atoms with E-state index in [0.29, 0.717) is 19.3 Å². The molecule has 0 saturated carbocycles. The van der Waals surface area contributed by atoms with Gasteiger partial charge in [0.1, 0.15) is 13.2 Å². The molecule has 0 aromatic rings. The first kappa shape index (κ1) is 53.4. The van der Waals surface area contributed by atoms with E-state index in [1.165, 1.54) is 154 Å². The van der Waals surface area contributed by atoms with Gasteiger partial charge in [-0.3, -0.25) is 14.4 Å². The SMILES string of the molecule is CCCCCCCCCC(=O)OC[C@@H](COC(=O)CCCCCCCCCCCCCCCCCCCCC(C)C)OC(=O)CCCCCCCCC(C)C. The minimum Gasteiger partial charge on any atom is -0.462 e. The first-order valence-corrected chi connectivity index (χ1v) is 24.2. The quantitative estimate of drug-likeness (QED) is 0.0348. The second-order valence-corrected chi connectivity index (χ2v) is 17.7. The van der Waals surface area contributed by atoms with Crippen LogP contribution in [0.5, 0.6) is 0 Å². The first-order chi connectivity index (χ1) is 26.7. The molecule has 0 unspecified atom stereocenters. The summed E-state index contributed by atoms with van der Waals surface area (Å²) in [4.78, 5) is 37.6. The third-order valence-electron chi connectivity index (χ3n) is 11.0. The molecule has 0 aromatic heterocycles. The van der Waals surface area contributed by atoms with Crippen molar-refractivity contribution in [3.8, 4) is 0 Å². The van der Waals surface area contributed by atoms with Crippen LogP contribution in [0.2, 0.25) is 0 Å². The molecule has 1 atom stereocenters. The highest BCUT2D eigenvalue weighted by Crippen LogP contribution is 2.17. The van der Waals surface area contributed by atoms with E-state index in [9.17, 15) is 14.4 Å². The maximum absolute atomic E-state index is 12.6. The highest BCUT2D eigenvalue weighted by molar-refractivity contribution is 5.71. The lowest BCUT2D eigenvalue weighted by Gasteiger charge is -2.18. The second-order valence-electron chi connectivity index (χ2n) is 17.7. The van der Waals surface area contributed by atoms with E-state index in [1.807, 2.05) is 0 Å². The third-order valence-corrected chi connectivity index (χ3v) is 11.0. The summed E-state index contributed by atoms with van der Waals surface area (Å²) < 4.78 is 16.7. The lowest BCUT2D eigenvalue weighted by molar-refractivity contribution is -0.167. The average Bonchev–Trinajstić information content (AvgIpc) is 3.15.